The van der Waals surface area contributed by atoms with Crippen LogP contribution in [0.1, 0.15) is 72.4 Å². The molecule has 0 spiro atoms. The molecule has 0 saturated carbocycles. The van der Waals surface area contributed by atoms with E-state index in [1.165, 1.54) is 31.8 Å². The quantitative estimate of drug-likeness (QED) is 0.141. The minimum atomic E-state index is -0.309. The topological polar surface area (TPSA) is 69.3 Å². The molecule has 7 heteroatoms. The number of hydrogen-bond acceptors (Lipinski definition) is 6. The zero-order valence-electron chi connectivity index (χ0n) is 29.2. The van der Waals surface area contributed by atoms with Gasteiger partial charge in [-0.15, -0.1) is 22.7 Å². The molecule has 0 aliphatic heterocycles. The molecule has 3 heterocycles. The number of aromatic hydroxyl groups is 1. The lowest BCUT2D eigenvalue weighted by atomic mass is 9.99. The maximum absolute atomic E-state index is 13.7. The van der Waals surface area contributed by atoms with Gasteiger partial charge in [0.15, 0.2) is 0 Å². The molecule has 0 amide bonds. The van der Waals surface area contributed by atoms with Crippen LogP contribution in [-0.4, -0.2) is 9.67 Å². The standard InChI is InChI=1S/C43H43N3O2S2/c1-6-8-9-31(7-2)27-45-42(47)37(30(5)38(26-44)43(45)48)25-36-20-21-40(49-36)41-23-22-39(50-41)32-14-19-35(24-32)46(33-15-10-28(3)11-16-33)34-17-12-29(4)13-18-34/h10-23,25,31,48H,5-9,24,27H2,1-4H3/b37-25-. The zero-order valence-corrected chi connectivity index (χ0v) is 30.8. The Hall–Kier alpha value is -4.90. The van der Waals surface area contributed by atoms with E-state index in [1.807, 2.05) is 12.1 Å². The Morgan fingerprint density at radius 1 is 0.920 bits per heavy atom. The first-order chi connectivity index (χ1) is 24.2. The van der Waals surface area contributed by atoms with Crippen LogP contribution in [0.4, 0.5) is 11.4 Å². The first-order valence-electron chi connectivity index (χ1n) is 17.3. The van der Waals surface area contributed by atoms with E-state index in [-0.39, 0.29) is 28.1 Å². The van der Waals surface area contributed by atoms with Gasteiger partial charge in [0, 0.05) is 60.0 Å². The minimum absolute atomic E-state index is 0.0574. The summed E-state index contributed by atoms with van der Waals surface area (Å²) in [6, 6.07) is 27.9. The van der Waals surface area contributed by atoms with Crippen LogP contribution in [0.2, 0.25) is 0 Å². The van der Waals surface area contributed by atoms with Crippen molar-refractivity contribution in [1.82, 2.24) is 4.57 Å². The summed E-state index contributed by atoms with van der Waals surface area (Å²) < 4.78 is 1.37. The highest BCUT2D eigenvalue weighted by Crippen LogP contribution is 2.42. The summed E-state index contributed by atoms with van der Waals surface area (Å²) in [4.78, 5) is 20.5. The van der Waals surface area contributed by atoms with Gasteiger partial charge in [0.1, 0.15) is 11.6 Å². The molecule has 0 saturated heterocycles. The van der Waals surface area contributed by atoms with Gasteiger partial charge >= 0.3 is 0 Å². The van der Waals surface area contributed by atoms with Crippen molar-refractivity contribution in [2.75, 3.05) is 4.90 Å². The Morgan fingerprint density at radius 3 is 2.16 bits per heavy atom. The van der Waals surface area contributed by atoms with E-state index < -0.39 is 0 Å². The minimum Gasteiger partial charge on any atom is -0.493 e. The highest BCUT2D eigenvalue weighted by atomic mass is 32.1. The molecule has 2 aromatic carbocycles. The molecule has 1 aliphatic rings. The van der Waals surface area contributed by atoms with Crippen molar-refractivity contribution in [3.63, 3.8) is 0 Å². The molecule has 0 fully saturated rings. The summed E-state index contributed by atoms with van der Waals surface area (Å²) >= 11 is 3.37. The van der Waals surface area contributed by atoms with Gasteiger partial charge in [-0.3, -0.25) is 9.36 Å². The summed E-state index contributed by atoms with van der Waals surface area (Å²) in [6.45, 7) is 12.9. The third-order valence-electron chi connectivity index (χ3n) is 9.48. The van der Waals surface area contributed by atoms with Crippen molar-refractivity contribution >= 4 is 52.3 Å². The third-order valence-corrected chi connectivity index (χ3v) is 11.9. The highest BCUT2D eigenvalue weighted by molar-refractivity contribution is 7.23. The van der Waals surface area contributed by atoms with Crippen molar-refractivity contribution < 1.29 is 5.11 Å². The molecule has 6 rings (SSSR count). The SMILES string of the molecule is C=c1c(C#N)c(O)n(CC(CC)CCCC)c(=O)/c1=C\c1ccc(-c2ccc(C3=CC=C(N(c4ccc(C)cc4)c4ccc(C)cc4)C3)s2)s1. The summed E-state index contributed by atoms with van der Waals surface area (Å²) in [7, 11) is 0. The molecule has 1 N–H and O–H groups in total. The average Bonchev–Trinajstić information content (AvgIpc) is 3.90. The number of anilines is 2. The molecule has 5 aromatic rings. The van der Waals surface area contributed by atoms with Crippen molar-refractivity contribution in [1.29, 1.82) is 5.26 Å². The van der Waals surface area contributed by atoms with Crippen LogP contribution in [0.15, 0.2) is 95.4 Å². The molecular formula is C43H43N3O2S2. The van der Waals surface area contributed by atoms with Gasteiger partial charge in [-0.25, -0.2) is 0 Å². The fraction of sp³-hybridized carbons (Fsp3) is 0.256. The van der Waals surface area contributed by atoms with Crippen LogP contribution < -0.4 is 20.9 Å². The summed E-state index contributed by atoms with van der Waals surface area (Å²) in [5, 5.41) is 21.4. The van der Waals surface area contributed by atoms with E-state index in [1.54, 1.807) is 22.7 Å². The van der Waals surface area contributed by atoms with E-state index in [4.69, 9.17) is 0 Å². The molecule has 3 aromatic heterocycles. The van der Waals surface area contributed by atoms with Crippen molar-refractivity contribution in [3.8, 4) is 21.7 Å². The lowest BCUT2D eigenvalue weighted by Crippen LogP contribution is -2.46. The molecule has 0 radical (unpaired) electrons. The van der Waals surface area contributed by atoms with E-state index in [0.29, 0.717) is 11.8 Å². The van der Waals surface area contributed by atoms with Gasteiger partial charge < -0.3 is 10.0 Å². The Morgan fingerprint density at radius 2 is 1.54 bits per heavy atom. The maximum atomic E-state index is 13.7. The number of aromatic nitrogens is 1. The number of allylic oxidation sites excluding steroid dienone is 3. The van der Waals surface area contributed by atoms with Crippen LogP contribution in [0, 0.1) is 31.1 Å². The number of benzene rings is 2. The van der Waals surface area contributed by atoms with Crippen LogP contribution in [0.25, 0.3) is 28.0 Å². The number of nitrogens with zero attached hydrogens (tertiary/aromatic N) is 3. The first kappa shape index (κ1) is 34.9. The predicted octanol–water partition coefficient (Wildman–Crippen LogP) is 9.80. The van der Waals surface area contributed by atoms with E-state index in [9.17, 15) is 15.2 Å². The van der Waals surface area contributed by atoms with Gasteiger partial charge in [0.2, 0.25) is 5.88 Å². The third kappa shape index (κ3) is 7.33. The van der Waals surface area contributed by atoms with Gasteiger partial charge in [-0.1, -0.05) is 81.2 Å². The fourth-order valence-electron chi connectivity index (χ4n) is 6.44. The number of pyridine rings is 1. The summed E-state index contributed by atoms with van der Waals surface area (Å²) in [5.41, 5.74) is 7.01. The maximum Gasteiger partial charge on any atom is 0.261 e. The molecule has 1 aliphatic carbocycles. The Bertz CT molecular complexity index is 2230. The lowest BCUT2D eigenvalue weighted by molar-refractivity contribution is 0.338. The lowest BCUT2D eigenvalue weighted by Gasteiger charge is -2.27. The summed E-state index contributed by atoms with van der Waals surface area (Å²) in [5.74, 6) is -0.0446. The van der Waals surface area contributed by atoms with Crippen molar-refractivity contribution in [3.05, 3.63) is 138 Å². The van der Waals surface area contributed by atoms with E-state index in [2.05, 4.69) is 124 Å². The zero-order chi connectivity index (χ0) is 35.4. The van der Waals surface area contributed by atoms with Gasteiger partial charge in [0.25, 0.3) is 5.56 Å². The van der Waals surface area contributed by atoms with Gasteiger partial charge in [0.05, 0.1) is 0 Å². The van der Waals surface area contributed by atoms with E-state index >= 15 is 0 Å². The molecule has 5 nitrogen and oxygen atoms in total. The molecule has 1 unspecified atom stereocenters. The number of aryl methyl sites for hydroxylation is 2. The Kier molecular flexibility index (Phi) is 10.7. The smallest absolute Gasteiger partial charge is 0.261 e. The second-order valence-electron chi connectivity index (χ2n) is 13.1. The van der Waals surface area contributed by atoms with E-state index in [0.717, 1.165) is 58.1 Å². The second kappa shape index (κ2) is 15.3. The first-order valence-corrected chi connectivity index (χ1v) is 18.9. The Balaban J connectivity index is 1.25. The monoisotopic (exact) mass is 697 g/mol. The largest absolute Gasteiger partial charge is 0.493 e. The normalized spacial score (nSPS) is 13.6. The van der Waals surface area contributed by atoms with Gasteiger partial charge in [-0.2, -0.15) is 5.26 Å². The molecular weight excluding hydrogens is 655 g/mol. The van der Waals surface area contributed by atoms with Crippen molar-refractivity contribution in [2.24, 2.45) is 5.92 Å². The molecule has 254 valence electrons. The number of thiophene rings is 2. The number of nitriles is 1. The average molecular weight is 698 g/mol. The molecule has 0 bridgehead atoms. The molecule has 1 atom stereocenters. The fourth-order valence-corrected chi connectivity index (χ4v) is 8.51. The number of hydrogen-bond donors (Lipinski definition) is 1. The van der Waals surface area contributed by atoms with Crippen LogP contribution >= 0.6 is 22.7 Å². The molecule has 50 heavy (non-hydrogen) atoms. The van der Waals surface area contributed by atoms with Crippen LogP contribution in [0.3, 0.4) is 0 Å². The second-order valence-corrected chi connectivity index (χ2v) is 15.3. The highest BCUT2D eigenvalue weighted by Gasteiger charge is 2.21. The van der Waals surface area contributed by atoms with Crippen LogP contribution in [-0.2, 0) is 6.54 Å². The number of unbranched alkanes of at least 4 members (excludes halogenated alkanes) is 1. The predicted molar refractivity (Wildman–Crippen MR) is 212 cm³/mol. The van der Waals surface area contributed by atoms with Gasteiger partial charge in [-0.05, 0) is 92.4 Å². The number of rotatable bonds is 12. The van der Waals surface area contributed by atoms with Crippen molar-refractivity contribution in [2.45, 2.75) is 66.3 Å². The van der Waals surface area contributed by atoms with Crippen LogP contribution in [0.5, 0.6) is 5.88 Å². The summed E-state index contributed by atoms with van der Waals surface area (Å²) in [6.07, 6.45) is 11.1. The Labute approximate surface area is 302 Å².